The zero-order valence-corrected chi connectivity index (χ0v) is 16.6. The number of halogens is 1. The average molecular weight is 415 g/mol. The molecule has 7 heteroatoms. The lowest BCUT2D eigenvalue weighted by Gasteiger charge is -2.22. The lowest BCUT2D eigenvalue weighted by atomic mass is 10.1. The van der Waals surface area contributed by atoms with E-state index in [2.05, 4.69) is 4.98 Å². The minimum absolute atomic E-state index is 0.152. The molecule has 3 aromatic rings. The largest absolute Gasteiger partial charge is 0.447 e. The monoisotopic (exact) mass is 414 g/mol. The van der Waals surface area contributed by atoms with Crippen molar-refractivity contribution < 1.29 is 14.3 Å². The standard InChI is InChI=1S/C21H19ClN2O3S/c22-16-6-7-17-15(11-16)12-18(23-17)21(26)27-19(10-14-4-2-1-3-5-14)20(25)24-8-9-28-13-24/h1-7,11-12,19,23H,8-10,13H2/t19-/m0/s1. The Morgan fingerprint density at radius 1 is 1.18 bits per heavy atom. The van der Waals surface area contributed by atoms with Crippen molar-refractivity contribution >= 4 is 46.1 Å². The number of carbonyl (C=O) groups is 2. The summed E-state index contributed by atoms with van der Waals surface area (Å²) in [5.74, 6) is 0.836. The first-order valence-electron chi connectivity index (χ1n) is 9.00. The number of nitrogens with zero attached hydrogens (tertiary/aromatic N) is 1. The Bertz CT molecular complexity index is 999. The molecule has 0 spiro atoms. The van der Waals surface area contributed by atoms with Gasteiger partial charge in [0.25, 0.3) is 5.91 Å². The molecule has 5 nitrogen and oxygen atoms in total. The minimum atomic E-state index is -0.858. The number of thioether (sulfide) groups is 1. The summed E-state index contributed by atoms with van der Waals surface area (Å²) >= 11 is 7.71. The lowest BCUT2D eigenvalue weighted by Crippen LogP contribution is -2.41. The highest BCUT2D eigenvalue weighted by Crippen LogP contribution is 2.22. The van der Waals surface area contributed by atoms with Gasteiger partial charge >= 0.3 is 5.97 Å². The fourth-order valence-corrected chi connectivity index (χ4v) is 4.34. The van der Waals surface area contributed by atoms with Crippen molar-refractivity contribution in [3.63, 3.8) is 0 Å². The van der Waals surface area contributed by atoms with E-state index in [1.54, 1.807) is 34.9 Å². The molecule has 1 aliphatic heterocycles. The Kier molecular flexibility index (Phi) is 5.59. The molecule has 0 aliphatic carbocycles. The zero-order chi connectivity index (χ0) is 19.5. The number of hydrogen-bond acceptors (Lipinski definition) is 4. The zero-order valence-electron chi connectivity index (χ0n) is 15.1. The number of amides is 1. The van der Waals surface area contributed by atoms with Crippen LogP contribution in [0.5, 0.6) is 0 Å². The van der Waals surface area contributed by atoms with E-state index in [4.69, 9.17) is 16.3 Å². The number of hydrogen-bond donors (Lipinski definition) is 1. The summed E-state index contributed by atoms with van der Waals surface area (Å²) in [6.45, 7) is 0.678. The highest BCUT2D eigenvalue weighted by atomic mass is 35.5. The summed E-state index contributed by atoms with van der Waals surface area (Å²) in [7, 11) is 0. The Labute approximate surface area is 172 Å². The molecular weight excluding hydrogens is 396 g/mol. The van der Waals surface area contributed by atoms with Gasteiger partial charge in [0.15, 0.2) is 6.10 Å². The number of carbonyl (C=O) groups excluding carboxylic acids is 2. The number of fused-ring (bicyclic) bond motifs is 1. The predicted octanol–water partition coefficient (Wildman–Crippen LogP) is 4.12. The highest BCUT2D eigenvalue weighted by molar-refractivity contribution is 7.99. The molecule has 0 saturated carbocycles. The fraction of sp³-hybridized carbons (Fsp3) is 0.238. The molecule has 1 atom stereocenters. The molecule has 4 rings (SSSR count). The number of rotatable bonds is 5. The summed E-state index contributed by atoms with van der Waals surface area (Å²) in [6, 6.07) is 16.6. The van der Waals surface area contributed by atoms with Crippen LogP contribution >= 0.6 is 23.4 Å². The van der Waals surface area contributed by atoms with Gasteiger partial charge in [-0.2, -0.15) is 0 Å². The number of ether oxygens (including phenoxy) is 1. The Hall–Kier alpha value is -2.44. The first-order chi connectivity index (χ1) is 13.6. The van der Waals surface area contributed by atoms with Crippen molar-refractivity contribution in [2.45, 2.75) is 12.5 Å². The quantitative estimate of drug-likeness (QED) is 0.638. The maximum absolute atomic E-state index is 12.9. The highest BCUT2D eigenvalue weighted by Gasteiger charge is 2.30. The first-order valence-corrected chi connectivity index (χ1v) is 10.5. The maximum atomic E-state index is 12.9. The second-order valence-corrected chi connectivity index (χ2v) is 8.15. The molecule has 1 aromatic heterocycles. The number of aromatic nitrogens is 1. The van der Waals surface area contributed by atoms with Crippen LogP contribution in [-0.4, -0.2) is 46.0 Å². The maximum Gasteiger partial charge on any atom is 0.355 e. The SMILES string of the molecule is O=C(O[C@@H](Cc1ccccc1)C(=O)N1CCSC1)c1cc2cc(Cl)ccc2[nH]1. The van der Waals surface area contributed by atoms with Gasteiger partial charge in [-0.1, -0.05) is 41.9 Å². The molecule has 1 N–H and O–H groups in total. The van der Waals surface area contributed by atoms with E-state index in [9.17, 15) is 9.59 Å². The van der Waals surface area contributed by atoms with Crippen LogP contribution in [0.2, 0.25) is 5.02 Å². The van der Waals surface area contributed by atoms with Crippen LogP contribution in [-0.2, 0) is 16.0 Å². The van der Waals surface area contributed by atoms with Crippen LogP contribution in [0.15, 0.2) is 54.6 Å². The summed E-state index contributed by atoms with van der Waals surface area (Å²) in [4.78, 5) is 30.5. The number of nitrogens with one attached hydrogen (secondary N) is 1. The summed E-state index contributed by atoms with van der Waals surface area (Å²) in [5.41, 5.74) is 2.04. The second-order valence-electron chi connectivity index (χ2n) is 6.64. The summed E-state index contributed by atoms with van der Waals surface area (Å²) < 4.78 is 5.67. The second kappa shape index (κ2) is 8.29. The molecule has 2 aromatic carbocycles. The molecule has 0 unspecified atom stereocenters. The van der Waals surface area contributed by atoms with E-state index in [1.165, 1.54) is 0 Å². The van der Waals surface area contributed by atoms with Crippen molar-refractivity contribution in [3.05, 3.63) is 70.9 Å². The van der Waals surface area contributed by atoms with E-state index in [0.717, 1.165) is 22.2 Å². The van der Waals surface area contributed by atoms with Gasteiger partial charge in [0.1, 0.15) is 5.69 Å². The molecule has 1 aliphatic rings. The molecule has 144 valence electrons. The average Bonchev–Trinajstić information content (AvgIpc) is 3.37. The number of benzene rings is 2. The van der Waals surface area contributed by atoms with Gasteiger partial charge in [-0.15, -0.1) is 11.8 Å². The van der Waals surface area contributed by atoms with E-state index in [-0.39, 0.29) is 5.91 Å². The number of aromatic amines is 1. The Balaban J connectivity index is 1.56. The van der Waals surface area contributed by atoms with E-state index in [1.807, 2.05) is 36.4 Å². The third-order valence-corrected chi connectivity index (χ3v) is 5.86. The van der Waals surface area contributed by atoms with Crippen LogP contribution in [0.4, 0.5) is 0 Å². The third kappa shape index (κ3) is 4.18. The van der Waals surface area contributed by atoms with Crippen molar-refractivity contribution in [1.82, 2.24) is 9.88 Å². The van der Waals surface area contributed by atoms with Crippen LogP contribution in [0.3, 0.4) is 0 Å². The van der Waals surface area contributed by atoms with Crippen molar-refractivity contribution in [1.29, 1.82) is 0 Å². The Morgan fingerprint density at radius 2 is 2.00 bits per heavy atom. The molecule has 2 heterocycles. The van der Waals surface area contributed by atoms with Crippen LogP contribution in [0.25, 0.3) is 10.9 Å². The Morgan fingerprint density at radius 3 is 2.75 bits per heavy atom. The van der Waals surface area contributed by atoms with Gasteiger partial charge in [0.2, 0.25) is 0 Å². The molecule has 1 fully saturated rings. The molecule has 28 heavy (non-hydrogen) atoms. The van der Waals surface area contributed by atoms with Crippen LogP contribution in [0, 0.1) is 0 Å². The first kappa shape index (κ1) is 18.9. The molecular formula is C21H19ClN2O3S. The lowest BCUT2D eigenvalue weighted by molar-refractivity contribution is -0.139. The van der Waals surface area contributed by atoms with Gasteiger partial charge < -0.3 is 14.6 Å². The minimum Gasteiger partial charge on any atom is -0.447 e. The van der Waals surface area contributed by atoms with E-state index in [0.29, 0.717) is 29.6 Å². The van der Waals surface area contributed by atoms with Crippen LogP contribution < -0.4 is 0 Å². The van der Waals surface area contributed by atoms with Gasteiger partial charge in [-0.05, 0) is 29.8 Å². The smallest absolute Gasteiger partial charge is 0.355 e. The molecule has 0 radical (unpaired) electrons. The molecule has 1 amide bonds. The normalized spacial score (nSPS) is 15.0. The van der Waals surface area contributed by atoms with Gasteiger partial charge in [0, 0.05) is 34.6 Å². The number of esters is 1. The van der Waals surface area contributed by atoms with E-state index < -0.39 is 12.1 Å². The molecule has 1 saturated heterocycles. The van der Waals surface area contributed by atoms with E-state index >= 15 is 0 Å². The fourth-order valence-electron chi connectivity index (χ4n) is 3.21. The summed E-state index contributed by atoms with van der Waals surface area (Å²) in [5, 5.41) is 1.41. The van der Waals surface area contributed by atoms with Gasteiger partial charge in [-0.3, -0.25) is 4.79 Å². The third-order valence-electron chi connectivity index (χ3n) is 4.66. The summed E-state index contributed by atoms with van der Waals surface area (Å²) in [6.07, 6.45) is -0.512. The number of H-pyrrole nitrogens is 1. The van der Waals surface area contributed by atoms with Crippen molar-refractivity contribution in [2.24, 2.45) is 0 Å². The van der Waals surface area contributed by atoms with Crippen molar-refractivity contribution in [3.8, 4) is 0 Å². The topological polar surface area (TPSA) is 62.4 Å². The predicted molar refractivity (Wildman–Crippen MR) is 112 cm³/mol. The van der Waals surface area contributed by atoms with Gasteiger partial charge in [-0.25, -0.2) is 4.79 Å². The van der Waals surface area contributed by atoms with Crippen LogP contribution in [0.1, 0.15) is 16.1 Å². The van der Waals surface area contributed by atoms with Crippen molar-refractivity contribution in [2.75, 3.05) is 18.2 Å². The van der Waals surface area contributed by atoms with Gasteiger partial charge in [0.05, 0.1) is 5.88 Å². The molecule has 0 bridgehead atoms.